The number of rotatable bonds is 3. The van der Waals surface area contributed by atoms with Gasteiger partial charge in [-0.05, 0) is 85.1 Å². The molecule has 0 spiro atoms. The molecular weight excluding hydrogens is 620 g/mol. The van der Waals surface area contributed by atoms with Crippen LogP contribution in [0, 0.1) is 34.9 Å². The molecule has 1 fully saturated rings. The SMILES string of the molecule is CC.COB(C)c1cc(F)c(F)c(F)c1.O=C1C=CCCC1.O=C1CCCC(c2cc(F)c(F)c(F)c2)C1.[H-].[Li+].[O-]c1ccc(O)cc1. The van der Waals surface area contributed by atoms with Gasteiger partial charge >= 0.3 is 25.8 Å². The van der Waals surface area contributed by atoms with Crippen LogP contribution >= 0.6 is 0 Å². The monoisotopic (exact) mass is 659 g/mol. The smallest absolute Gasteiger partial charge is 1.00 e. The summed E-state index contributed by atoms with van der Waals surface area (Å²) in [4.78, 5) is 21.6. The fraction of sp³-hybridized carbons (Fsp3) is 0.353. The van der Waals surface area contributed by atoms with Crippen LogP contribution in [0.15, 0.2) is 60.7 Å². The molecule has 2 aliphatic rings. The van der Waals surface area contributed by atoms with Gasteiger partial charge in [0.25, 0.3) is 0 Å². The summed E-state index contributed by atoms with van der Waals surface area (Å²) < 4.78 is 81.4. The van der Waals surface area contributed by atoms with Gasteiger partial charge in [-0.25, -0.2) is 26.3 Å². The molecule has 1 unspecified atom stereocenters. The maximum atomic E-state index is 13.0. The molecule has 0 aromatic heterocycles. The second kappa shape index (κ2) is 23.0. The molecule has 252 valence electrons. The first kappa shape index (κ1) is 43.5. The zero-order chi connectivity index (χ0) is 34.8. The number of ketones is 2. The number of phenols is 1. The number of carbonyl (C=O) groups is 2. The number of aromatic hydroxyl groups is 1. The van der Waals surface area contributed by atoms with Crippen molar-refractivity contribution in [3.05, 3.63) is 101 Å². The van der Waals surface area contributed by atoms with E-state index in [0.717, 1.165) is 56.4 Å². The first-order chi connectivity index (χ1) is 21.8. The van der Waals surface area contributed by atoms with E-state index in [1.165, 1.54) is 31.4 Å². The molecule has 2 aliphatic carbocycles. The van der Waals surface area contributed by atoms with Gasteiger partial charge in [0.1, 0.15) is 11.5 Å². The molecule has 5 rings (SSSR count). The molecule has 0 radical (unpaired) electrons. The van der Waals surface area contributed by atoms with Gasteiger partial charge in [-0.3, -0.25) is 9.59 Å². The van der Waals surface area contributed by atoms with Crippen molar-refractivity contribution < 1.29 is 71.1 Å². The summed E-state index contributed by atoms with van der Waals surface area (Å²) in [5.41, 5.74) is 0.656. The third-order valence-corrected chi connectivity index (χ3v) is 6.72. The van der Waals surface area contributed by atoms with Gasteiger partial charge in [-0.1, -0.05) is 38.9 Å². The van der Waals surface area contributed by atoms with Crippen molar-refractivity contribution in [3.63, 3.8) is 0 Å². The van der Waals surface area contributed by atoms with E-state index in [1.807, 2.05) is 19.9 Å². The number of hydrogen-bond donors (Lipinski definition) is 1. The maximum absolute atomic E-state index is 13.0. The summed E-state index contributed by atoms with van der Waals surface area (Å²) in [6.07, 6.45) is 8.78. The Morgan fingerprint density at radius 2 is 1.36 bits per heavy atom. The number of carbonyl (C=O) groups excluding carboxylic acids is 2. The topological polar surface area (TPSA) is 86.7 Å². The Bertz CT molecular complexity index is 1380. The minimum absolute atomic E-state index is 0. The van der Waals surface area contributed by atoms with Crippen molar-refractivity contribution in [1.29, 1.82) is 0 Å². The van der Waals surface area contributed by atoms with Crippen LogP contribution in [0.4, 0.5) is 26.3 Å². The van der Waals surface area contributed by atoms with E-state index >= 15 is 0 Å². The zero-order valence-electron chi connectivity index (χ0n) is 28.2. The number of benzene rings is 3. The maximum Gasteiger partial charge on any atom is 1.00 e. The summed E-state index contributed by atoms with van der Waals surface area (Å²) in [5, 5.41) is 18.9. The van der Waals surface area contributed by atoms with Crippen LogP contribution in [0.3, 0.4) is 0 Å². The molecule has 0 amide bonds. The van der Waals surface area contributed by atoms with Crippen LogP contribution in [-0.2, 0) is 14.2 Å². The third kappa shape index (κ3) is 15.8. The third-order valence-electron chi connectivity index (χ3n) is 6.72. The molecule has 0 aliphatic heterocycles. The number of hydrogen-bond acceptors (Lipinski definition) is 5. The number of Topliss-reactive ketones (excluding diaryl/α,β-unsaturated/α-hetero) is 1. The van der Waals surface area contributed by atoms with E-state index < -0.39 is 41.8 Å². The Hall–Kier alpha value is -3.46. The predicted octanol–water partition coefficient (Wildman–Crippen LogP) is 4.81. The fourth-order valence-electron chi connectivity index (χ4n) is 4.20. The predicted molar refractivity (Wildman–Crippen MR) is 165 cm³/mol. The van der Waals surface area contributed by atoms with Gasteiger partial charge < -0.3 is 16.3 Å². The average Bonchev–Trinajstić information content (AvgIpc) is 3.05. The summed E-state index contributed by atoms with van der Waals surface area (Å²) in [7, 11) is 1.41. The average molecular weight is 659 g/mol. The number of phenolic OH excluding ortho intramolecular Hbond substituents is 1. The molecule has 1 atom stereocenters. The van der Waals surface area contributed by atoms with Gasteiger partial charge in [0, 0.05) is 26.4 Å². The Labute approximate surface area is 285 Å². The fourth-order valence-corrected chi connectivity index (χ4v) is 4.20. The standard InChI is InChI=1S/C12H11F3O.C8H8BF3O.C6H6O2.C6H8O.C2H6.Li.H/c13-10-5-8(6-11(14)12(10)15)7-2-1-3-9(16)4-7;1-9(13-2)5-3-6(10)8(12)7(11)4-5;7-5-1-2-6(8)4-3-5;7-6-4-2-1-3-5-6;1-2;;/h5-7H,1-4H2;3-4H,1-2H3;1-4,7-8H;2,4H,1,3,5H2;1-2H3;;/q;;;;;+1;-1/p-1. The second-order valence-electron chi connectivity index (χ2n) is 10.1. The van der Waals surface area contributed by atoms with Gasteiger partial charge in [0.05, 0.1) is 0 Å². The van der Waals surface area contributed by atoms with Crippen molar-refractivity contribution >= 4 is 23.9 Å². The second-order valence-corrected chi connectivity index (χ2v) is 10.1. The summed E-state index contributed by atoms with van der Waals surface area (Å²) >= 11 is 0. The first-order valence-electron chi connectivity index (χ1n) is 14.8. The van der Waals surface area contributed by atoms with Gasteiger partial charge in [0.15, 0.2) is 40.7 Å². The van der Waals surface area contributed by atoms with Gasteiger partial charge in [-0.15, -0.1) is 5.75 Å². The Kier molecular flexibility index (Phi) is 21.3. The summed E-state index contributed by atoms with van der Waals surface area (Å²) in [6.45, 7) is 5.16. The molecular formula is C34H39BF6LiO5-. The van der Waals surface area contributed by atoms with Crippen molar-refractivity contribution in [1.82, 2.24) is 0 Å². The van der Waals surface area contributed by atoms with Crippen molar-refractivity contribution in [2.75, 3.05) is 7.11 Å². The van der Waals surface area contributed by atoms with Crippen LogP contribution < -0.4 is 29.4 Å². The van der Waals surface area contributed by atoms with Crippen LogP contribution in [0.1, 0.15) is 71.7 Å². The molecule has 0 heterocycles. The largest absolute Gasteiger partial charge is 1.00 e. The van der Waals surface area contributed by atoms with E-state index in [1.54, 1.807) is 12.9 Å². The quantitative estimate of drug-likeness (QED) is 0.248. The van der Waals surface area contributed by atoms with E-state index in [9.17, 15) is 41.0 Å². The molecule has 0 bridgehead atoms. The summed E-state index contributed by atoms with van der Waals surface area (Å²) in [5.74, 6) is -7.41. The van der Waals surface area contributed by atoms with Crippen LogP contribution in [0.25, 0.3) is 0 Å². The molecule has 0 saturated heterocycles. The van der Waals surface area contributed by atoms with Gasteiger partial charge in [0.2, 0.25) is 0 Å². The molecule has 1 N–H and O–H groups in total. The Morgan fingerprint density at radius 3 is 1.74 bits per heavy atom. The summed E-state index contributed by atoms with van der Waals surface area (Å²) in [6, 6.07) is 9.18. The molecule has 1 saturated carbocycles. The zero-order valence-corrected chi connectivity index (χ0v) is 27.2. The normalized spacial score (nSPS) is 14.7. The Balaban J connectivity index is 0. The van der Waals surface area contributed by atoms with E-state index in [2.05, 4.69) is 0 Å². The van der Waals surface area contributed by atoms with Crippen molar-refractivity contribution in [2.24, 2.45) is 0 Å². The van der Waals surface area contributed by atoms with Crippen molar-refractivity contribution in [2.45, 2.75) is 71.5 Å². The van der Waals surface area contributed by atoms with Crippen LogP contribution in [0.2, 0.25) is 6.82 Å². The molecule has 13 heteroatoms. The van der Waals surface area contributed by atoms with E-state index in [0.29, 0.717) is 18.4 Å². The van der Waals surface area contributed by atoms with Crippen LogP contribution in [-0.4, -0.2) is 30.7 Å². The minimum Gasteiger partial charge on any atom is -1.00 e. The molecule has 5 nitrogen and oxygen atoms in total. The van der Waals surface area contributed by atoms with E-state index in [4.69, 9.17) is 9.76 Å². The molecule has 3 aromatic carbocycles. The molecule has 3 aromatic rings. The first-order valence-corrected chi connectivity index (χ1v) is 14.8. The Morgan fingerprint density at radius 1 is 0.851 bits per heavy atom. The number of halogens is 6. The van der Waals surface area contributed by atoms with E-state index in [-0.39, 0.29) is 54.7 Å². The minimum atomic E-state index is -1.45. The molecule has 47 heavy (non-hydrogen) atoms. The van der Waals surface area contributed by atoms with Crippen molar-refractivity contribution in [3.8, 4) is 11.5 Å². The van der Waals surface area contributed by atoms with Crippen LogP contribution in [0.5, 0.6) is 11.5 Å². The number of allylic oxidation sites excluding steroid dienone is 2. The van der Waals surface area contributed by atoms with Gasteiger partial charge in [-0.2, -0.15) is 0 Å².